The SMILES string of the molecule is CC(C)(N)c1cc(F)ccc1F.Cl. The van der Waals surface area contributed by atoms with Gasteiger partial charge in [0.1, 0.15) is 11.6 Å². The molecule has 0 radical (unpaired) electrons. The molecule has 0 aromatic heterocycles. The molecular formula is C9H12ClF2N. The van der Waals surface area contributed by atoms with Crippen molar-refractivity contribution >= 4 is 12.4 Å². The molecule has 0 amide bonds. The van der Waals surface area contributed by atoms with E-state index < -0.39 is 17.2 Å². The zero-order valence-corrected chi connectivity index (χ0v) is 8.29. The molecule has 1 nitrogen and oxygen atoms in total. The molecule has 2 N–H and O–H groups in total. The Kier molecular flexibility index (Phi) is 3.82. The monoisotopic (exact) mass is 207 g/mol. The van der Waals surface area contributed by atoms with Crippen LogP contribution in [0.25, 0.3) is 0 Å². The molecule has 1 aromatic rings. The minimum Gasteiger partial charge on any atom is -0.322 e. The molecule has 0 atom stereocenters. The lowest BCUT2D eigenvalue weighted by Gasteiger charge is -2.19. The van der Waals surface area contributed by atoms with Crippen LogP contribution in [-0.4, -0.2) is 0 Å². The second-order valence-electron chi connectivity index (χ2n) is 3.35. The summed E-state index contributed by atoms with van der Waals surface area (Å²) in [4.78, 5) is 0. The van der Waals surface area contributed by atoms with E-state index in [1.54, 1.807) is 13.8 Å². The molecule has 0 aliphatic rings. The van der Waals surface area contributed by atoms with Gasteiger partial charge >= 0.3 is 0 Å². The average Bonchev–Trinajstić information content (AvgIpc) is 1.92. The highest BCUT2D eigenvalue weighted by Gasteiger charge is 2.18. The van der Waals surface area contributed by atoms with E-state index in [1.165, 1.54) is 0 Å². The van der Waals surface area contributed by atoms with Gasteiger partial charge in [-0.25, -0.2) is 8.78 Å². The normalized spacial score (nSPS) is 10.8. The third kappa shape index (κ3) is 2.94. The average molecular weight is 208 g/mol. The van der Waals surface area contributed by atoms with Gasteiger partial charge in [0, 0.05) is 11.1 Å². The first-order chi connectivity index (χ1) is 5.41. The van der Waals surface area contributed by atoms with Crippen LogP contribution < -0.4 is 5.73 Å². The molecule has 0 aliphatic carbocycles. The lowest BCUT2D eigenvalue weighted by molar-refractivity contribution is 0.492. The van der Waals surface area contributed by atoms with Crippen molar-refractivity contribution in [3.05, 3.63) is 35.4 Å². The first-order valence-electron chi connectivity index (χ1n) is 3.65. The van der Waals surface area contributed by atoms with Gasteiger partial charge in [-0.2, -0.15) is 0 Å². The zero-order valence-electron chi connectivity index (χ0n) is 7.47. The van der Waals surface area contributed by atoms with Crippen LogP contribution in [0.3, 0.4) is 0 Å². The van der Waals surface area contributed by atoms with E-state index in [-0.39, 0.29) is 18.0 Å². The lowest BCUT2D eigenvalue weighted by Crippen LogP contribution is -2.30. The Morgan fingerprint density at radius 3 is 2.15 bits per heavy atom. The molecule has 13 heavy (non-hydrogen) atoms. The quantitative estimate of drug-likeness (QED) is 0.753. The van der Waals surface area contributed by atoms with Crippen molar-refractivity contribution in [1.82, 2.24) is 0 Å². The Morgan fingerprint density at radius 1 is 1.23 bits per heavy atom. The van der Waals surface area contributed by atoms with Crippen LogP contribution in [0.5, 0.6) is 0 Å². The predicted molar refractivity (Wildman–Crippen MR) is 50.8 cm³/mol. The molecule has 0 unspecified atom stereocenters. The summed E-state index contributed by atoms with van der Waals surface area (Å²) in [6.07, 6.45) is 0. The number of benzene rings is 1. The maximum atomic E-state index is 13.0. The maximum absolute atomic E-state index is 13.0. The molecular weight excluding hydrogens is 196 g/mol. The van der Waals surface area contributed by atoms with Crippen molar-refractivity contribution in [3.63, 3.8) is 0 Å². The Bertz CT molecular complexity index is 294. The number of nitrogens with two attached hydrogens (primary N) is 1. The van der Waals surface area contributed by atoms with Crippen molar-refractivity contribution in [2.24, 2.45) is 5.73 Å². The predicted octanol–water partition coefficient (Wildman–Crippen LogP) is 2.58. The highest BCUT2D eigenvalue weighted by molar-refractivity contribution is 5.85. The van der Waals surface area contributed by atoms with Gasteiger partial charge in [0.15, 0.2) is 0 Å². The van der Waals surface area contributed by atoms with Crippen LogP contribution in [0, 0.1) is 11.6 Å². The smallest absolute Gasteiger partial charge is 0.128 e. The summed E-state index contributed by atoms with van der Waals surface area (Å²) in [5.41, 5.74) is 4.98. The largest absolute Gasteiger partial charge is 0.322 e. The van der Waals surface area contributed by atoms with E-state index in [9.17, 15) is 8.78 Å². The highest BCUT2D eigenvalue weighted by Crippen LogP contribution is 2.20. The van der Waals surface area contributed by atoms with Crippen LogP contribution in [0.15, 0.2) is 18.2 Å². The molecule has 0 heterocycles. The summed E-state index contributed by atoms with van der Waals surface area (Å²) in [6.45, 7) is 3.26. The number of hydrogen-bond acceptors (Lipinski definition) is 1. The third-order valence-electron chi connectivity index (χ3n) is 1.62. The summed E-state index contributed by atoms with van der Waals surface area (Å²) in [5.74, 6) is -0.936. The molecule has 0 bridgehead atoms. The fourth-order valence-electron chi connectivity index (χ4n) is 0.991. The molecule has 0 saturated heterocycles. The van der Waals surface area contributed by atoms with Gasteiger partial charge in [-0.05, 0) is 32.0 Å². The van der Waals surface area contributed by atoms with Crippen molar-refractivity contribution in [3.8, 4) is 0 Å². The molecule has 0 fully saturated rings. The van der Waals surface area contributed by atoms with E-state index in [0.29, 0.717) is 0 Å². The van der Waals surface area contributed by atoms with E-state index in [4.69, 9.17) is 5.73 Å². The van der Waals surface area contributed by atoms with Crippen molar-refractivity contribution < 1.29 is 8.78 Å². The van der Waals surface area contributed by atoms with Crippen LogP contribution >= 0.6 is 12.4 Å². The minimum atomic E-state index is -0.841. The first-order valence-corrected chi connectivity index (χ1v) is 3.65. The van der Waals surface area contributed by atoms with Gasteiger partial charge in [0.2, 0.25) is 0 Å². The highest BCUT2D eigenvalue weighted by atomic mass is 35.5. The van der Waals surface area contributed by atoms with Gasteiger partial charge < -0.3 is 5.73 Å². The fourth-order valence-corrected chi connectivity index (χ4v) is 0.991. The molecule has 1 rings (SSSR count). The Balaban J connectivity index is 0.00000144. The van der Waals surface area contributed by atoms with Crippen LogP contribution in [0.4, 0.5) is 8.78 Å². The minimum absolute atomic E-state index is 0. The van der Waals surface area contributed by atoms with Crippen LogP contribution in [-0.2, 0) is 5.54 Å². The van der Waals surface area contributed by atoms with E-state index in [1.807, 2.05) is 0 Å². The molecule has 0 saturated carbocycles. The Hall–Kier alpha value is -0.670. The summed E-state index contributed by atoms with van der Waals surface area (Å²) in [7, 11) is 0. The van der Waals surface area contributed by atoms with Crippen molar-refractivity contribution in [1.29, 1.82) is 0 Å². The summed E-state index contributed by atoms with van der Waals surface area (Å²) < 4.78 is 25.7. The standard InChI is InChI=1S/C9H11F2N.ClH/c1-9(2,12)7-5-6(10)3-4-8(7)11;/h3-5H,12H2,1-2H3;1H. The molecule has 0 aliphatic heterocycles. The van der Waals surface area contributed by atoms with Gasteiger partial charge in [0.25, 0.3) is 0 Å². The molecule has 0 spiro atoms. The van der Waals surface area contributed by atoms with Gasteiger partial charge in [0.05, 0.1) is 0 Å². The summed E-state index contributed by atoms with van der Waals surface area (Å²) in [5, 5.41) is 0. The fraction of sp³-hybridized carbons (Fsp3) is 0.333. The first kappa shape index (κ1) is 12.3. The third-order valence-corrected chi connectivity index (χ3v) is 1.62. The van der Waals surface area contributed by atoms with E-state index in [0.717, 1.165) is 18.2 Å². The topological polar surface area (TPSA) is 26.0 Å². The summed E-state index contributed by atoms with van der Waals surface area (Å²) >= 11 is 0. The number of hydrogen-bond donors (Lipinski definition) is 1. The maximum Gasteiger partial charge on any atom is 0.128 e. The van der Waals surface area contributed by atoms with Crippen LogP contribution in [0.2, 0.25) is 0 Å². The second kappa shape index (κ2) is 4.03. The van der Waals surface area contributed by atoms with Gasteiger partial charge in [-0.1, -0.05) is 0 Å². The van der Waals surface area contributed by atoms with Crippen LogP contribution in [0.1, 0.15) is 19.4 Å². The van der Waals surface area contributed by atoms with Crippen molar-refractivity contribution in [2.45, 2.75) is 19.4 Å². The lowest BCUT2D eigenvalue weighted by atomic mass is 9.95. The van der Waals surface area contributed by atoms with Crippen molar-refractivity contribution in [2.75, 3.05) is 0 Å². The van der Waals surface area contributed by atoms with E-state index in [2.05, 4.69) is 0 Å². The number of halogens is 3. The molecule has 1 aromatic carbocycles. The number of rotatable bonds is 1. The second-order valence-corrected chi connectivity index (χ2v) is 3.35. The Labute approximate surface area is 82.4 Å². The van der Waals surface area contributed by atoms with Gasteiger partial charge in [-0.15, -0.1) is 12.4 Å². The Morgan fingerprint density at radius 2 is 1.77 bits per heavy atom. The van der Waals surface area contributed by atoms with Gasteiger partial charge in [-0.3, -0.25) is 0 Å². The zero-order chi connectivity index (χ0) is 9.35. The van der Waals surface area contributed by atoms with E-state index >= 15 is 0 Å². The molecule has 74 valence electrons. The molecule has 4 heteroatoms. The summed E-state index contributed by atoms with van der Waals surface area (Å²) in [6, 6.07) is 3.28.